The van der Waals surface area contributed by atoms with Gasteiger partial charge in [0.1, 0.15) is 18.0 Å². The number of likely N-dealkylation sites (N-methyl/N-ethyl adjacent to an activating group) is 1. The van der Waals surface area contributed by atoms with Crippen LogP contribution in [0.1, 0.15) is 39.7 Å². The van der Waals surface area contributed by atoms with Crippen molar-refractivity contribution < 1.29 is 14.3 Å². The van der Waals surface area contributed by atoms with E-state index in [1.54, 1.807) is 0 Å². The first-order valence-electron chi connectivity index (χ1n) is 11.1. The van der Waals surface area contributed by atoms with Gasteiger partial charge in [-0.1, -0.05) is 18.2 Å². The van der Waals surface area contributed by atoms with E-state index >= 15 is 0 Å². The average Bonchev–Trinajstić information content (AvgIpc) is 3.12. The van der Waals surface area contributed by atoms with E-state index in [0.717, 1.165) is 43.3 Å². The fraction of sp³-hybridized carbons (Fsp3) is 0.652. The Morgan fingerprint density at radius 2 is 2.03 bits per heavy atom. The van der Waals surface area contributed by atoms with Crippen LogP contribution in [0.3, 0.4) is 0 Å². The predicted octanol–water partition coefficient (Wildman–Crippen LogP) is 2.69. The summed E-state index contributed by atoms with van der Waals surface area (Å²) in [5.74, 6) is 1.72. The number of ether oxygens (including phenoxy) is 2. The first kappa shape index (κ1) is 24.8. The van der Waals surface area contributed by atoms with E-state index in [-0.39, 0.29) is 12.1 Å². The van der Waals surface area contributed by atoms with Crippen molar-refractivity contribution in [1.82, 2.24) is 20.4 Å². The zero-order chi connectivity index (χ0) is 22.9. The topological polar surface area (TPSA) is 78.4 Å². The molecule has 0 aliphatic carbocycles. The van der Waals surface area contributed by atoms with Crippen molar-refractivity contribution in [3.05, 3.63) is 29.8 Å². The molecule has 0 bridgehead atoms. The SMILES string of the molecule is CCNC(=NCc1ccccc1OCCN(C)C)N1CCC(NC(=O)OC(C)(C)C)C1. The standard InChI is InChI=1S/C23H39N5O3/c1-7-24-21(28-13-12-19(17-28)26-22(29)31-23(2,3)4)25-16-18-10-8-9-11-20(18)30-15-14-27(5)6/h8-11,19H,7,12-17H2,1-6H3,(H,24,25)(H,26,29). The lowest BCUT2D eigenvalue weighted by atomic mass is 10.2. The molecule has 1 heterocycles. The fourth-order valence-corrected chi connectivity index (χ4v) is 3.24. The molecule has 8 nitrogen and oxygen atoms in total. The highest BCUT2D eigenvalue weighted by atomic mass is 16.6. The van der Waals surface area contributed by atoms with Gasteiger partial charge in [0, 0.05) is 31.7 Å². The highest BCUT2D eigenvalue weighted by Gasteiger charge is 2.27. The monoisotopic (exact) mass is 433 g/mol. The van der Waals surface area contributed by atoms with Gasteiger partial charge in [-0.05, 0) is 54.3 Å². The Bertz CT molecular complexity index is 730. The first-order chi connectivity index (χ1) is 14.7. The largest absolute Gasteiger partial charge is 0.492 e. The molecule has 1 atom stereocenters. The van der Waals surface area contributed by atoms with Crippen LogP contribution in [0.25, 0.3) is 0 Å². The van der Waals surface area contributed by atoms with Gasteiger partial charge in [-0.25, -0.2) is 9.79 Å². The van der Waals surface area contributed by atoms with Crippen LogP contribution >= 0.6 is 0 Å². The Balaban J connectivity index is 1.97. The van der Waals surface area contributed by atoms with Crippen LogP contribution in [0, 0.1) is 0 Å². The van der Waals surface area contributed by atoms with Crippen LogP contribution in [0.15, 0.2) is 29.3 Å². The number of alkyl carbamates (subject to hydrolysis) is 1. The third kappa shape index (κ3) is 9.04. The summed E-state index contributed by atoms with van der Waals surface area (Å²) in [4.78, 5) is 21.2. The lowest BCUT2D eigenvalue weighted by Crippen LogP contribution is -2.44. The fourth-order valence-electron chi connectivity index (χ4n) is 3.24. The molecule has 1 amide bonds. The van der Waals surface area contributed by atoms with Crippen LogP contribution in [0.2, 0.25) is 0 Å². The number of nitrogens with one attached hydrogen (secondary N) is 2. The summed E-state index contributed by atoms with van der Waals surface area (Å²) < 4.78 is 11.3. The number of likely N-dealkylation sites (tertiary alicyclic amines) is 1. The first-order valence-corrected chi connectivity index (χ1v) is 11.1. The van der Waals surface area contributed by atoms with Crippen LogP contribution in [0.4, 0.5) is 4.79 Å². The van der Waals surface area contributed by atoms with E-state index in [2.05, 4.69) is 33.4 Å². The van der Waals surface area contributed by atoms with Gasteiger partial charge in [0.25, 0.3) is 0 Å². The molecule has 0 spiro atoms. The molecule has 1 fully saturated rings. The van der Waals surface area contributed by atoms with Crippen molar-refractivity contribution in [2.24, 2.45) is 4.99 Å². The summed E-state index contributed by atoms with van der Waals surface area (Å²) >= 11 is 0. The van der Waals surface area contributed by atoms with Gasteiger partial charge < -0.3 is 29.9 Å². The summed E-state index contributed by atoms with van der Waals surface area (Å²) in [6.45, 7) is 12.0. The maximum atomic E-state index is 12.1. The Morgan fingerprint density at radius 1 is 1.29 bits per heavy atom. The Kier molecular flexibility index (Phi) is 9.43. The normalized spacial score (nSPS) is 17.1. The molecule has 0 aromatic heterocycles. The molecule has 8 heteroatoms. The quantitative estimate of drug-likeness (QED) is 0.485. The van der Waals surface area contributed by atoms with E-state index in [1.165, 1.54) is 0 Å². The van der Waals surface area contributed by atoms with Crippen LogP contribution in [0.5, 0.6) is 5.75 Å². The van der Waals surface area contributed by atoms with Gasteiger partial charge in [-0.3, -0.25) is 0 Å². The van der Waals surface area contributed by atoms with E-state index in [1.807, 2.05) is 53.1 Å². The molecule has 31 heavy (non-hydrogen) atoms. The number of aliphatic imine (C=N–C) groups is 1. The van der Waals surface area contributed by atoms with E-state index in [9.17, 15) is 4.79 Å². The summed E-state index contributed by atoms with van der Waals surface area (Å²) in [5, 5.41) is 6.34. The Morgan fingerprint density at radius 3 is 2.71 bits per heavy atom. The molecular formula is C23H39N5O3. The lowest BCUT2D eigenvalue weighted by Gasteiger charge is -2.23. The highest BCUT2D eigenvalue weighted by Crippen LogP contribution is 2.19. The van der Waals surface area contributed by atoms with E-state index < -0.39 is 5.60 Å². The van der Waals surface area contributed by atoms with Crippen molar-refractivity contribution in [2.75, 3.05) is 46.9 Å². The minimum Gasteiger partial charge on any atom is -0.492 e. The van der Waals surface area contributed by atoms with Crippen molar-refractivity contribution in [1.29, 1.82) is 0 Å². The number of rotatable bonds is 8. The molecule has 174 valence electrons. The minimum atomic E-state index is -0.499. The summed E-state index contributed by atoms with van der Waals surface area (Å²) in [6.07, 6.45) is 0.485. The molecule has 1 unspecified atom stereocenters. The zero-order valence-corrected chi connectivity index (χ0v) is 19.9. The second kappa shape index (κ2) is 11.8. The van der Waals surface area contributed by atoms with Crippen LogP contribution in [-0.4, -0.2) is 80.4 Å². The number of nitrogens with zero attached hydrogens (tertiary/aromatic N) is 3. The molecule has 1 aromatic rings. The number of hydrogen-bond acceptors (Lipinski definition) is 5. The molecule has 2 rings (SSSR count). The van der Waals surface area contributed by atoms with Crippen molar-refractivity contribution >= 4 is 12.1 Å². The third-order valence-electron chi connectivity index (χ3n) is 4.71. The average molecular weight is 434 g/mol. The molecule has 1 saturated heterocycles. The molecule has 0 radical (unpaired) electrons. The predicted molar refractivity (Wildman–Crippen MR) is 125 cm³/mol. The van der Waals surface area contributed by atoms with Crippen molar-refractivity contribution in [2.45, 2.75) is 52.3 Å². The number of amides is 1. The number of para-hydroxylation sites is 1. The maximum absolute atomic E-state index is 12.1. The number of hydrogen-bond donors (Lipinski definition) is 2. The number of benzene rings is 1. The second-order valence-corrected chi connectivity index (χ2v) is 9.01. The molecule has 2 N–H and O–H groups in total. The van der Waals surface area contributed by atoms with Gasteiger partial charge in [0.05, 0.1) is 12.6 Å². The maximum Gasteiger partial charge on any atom is 0.407 e. The number of guanidine groups is 1. The van der Waals surface area contributed by atoms with Crippen molar-refractivity contribution in [3.63, 3.8) is 0 Å². The lowest BCUT2D eigenvalue weighted by molar-refractivity contribution is 0.0507. The summed E-state index contributed by atoms with van der Waals surface area (Å²) in [5.41, 5.74) is 0.556. The third-order valence-corrected chi connectivity index (χ3v) is 4.71. The van der Waals surface area contributed by atoms with Gasteiger partial charge in [0.15, 0.2) is 5.96 Å². The van der Waals surface area contributed by atoms with Gasteiger partial charge in [0.2, 0.25) is 0 Å². The van der Waals surface area contributed by atoms with E-state index in [4.69, 9.17) is 14.5 Å². The minimum absolute atomic E-state index is 0.0420. The van der Waals surface area contributed by atoms with Crippen LogP contribution < -0.4 is 15.4 Å². The molecule has 1 aliphatic heterocycles. The summed E-state index contributed by atoms with van der Waals surface area (Å²) in [6, 6.07) is 8.07. The molecule has 1 aliphatic rings. The zero-order valence-electron chi connectivity index (χ0n) is 19.9. The molecule has 0 saturated carbocycles. The number of carbonyl (C=O) groups is 1. The number of carbonyl (C=O) groups excluding carboxylic acids is 1. The summed E-state index contributed by atoms with van der Waals surface area (Å²) in [7, 11) is 4.06. The van der Waals surface area contributed by atoms with E-state index in [0.29, 0.717) is 19.7 Å². The Labute approximate surface area is 187 Å². The highest BCUT2D eigenvalue weighted by molar-refractivity contribution is 5.80. The Hall–Kier alpha value is -2.48. The van der Waals surface area contributed by atoms with Gasteiger partial charge in [-0.15, -0.1) is 0 Å². The van der Waals surface area contributed by atoms with Crippen molar-refractivity contribution in [3.8, 4) is 5.75 Å². The smallest absolute Gasteiger partial charge is 0.407 e. The van der Waals surface area contributed by atoms with Gasteiger partial charge in [-0.2, -0.15) is 0 Å². The van der Waals surface area contributed by atoms with Crippen LogP contribution in [-0.2, 0) is 11.3 Å². The molecule has 1 aromatic carbocycles. The molecular weight excluding hydrogens is 394 g/mol. The van der Waals surface area contributed by atoms with Gasteiger partial charge >= 0.3 is 6.09 Å². The second-order valence-electron chi connectivity index (χ2n) is 9.01.